The molecule has 0 rings (SSSR count). The molecule has 0 saturated carbocycles. The van der Waals surface area contributed by atoms with Gasteiger partial charge in [-0.25, -0.2) is 9.59 Å². The minimum atomic E-state index is -1.28. The third kappa shape index (κ3) is 5.59. The van der Waals surface area contributed by atoms with Gasteiger partial charge in [-0.1, -0.05) is 0 Å². The second-order valence-corrected chi connectivity index (χ2v) is 5.23. The van der Waals surface area contributed by atoms with Crippen molar-refractivity contribution in [1.29, 1.82) is 0 Å². The van der Waals surface area contributed by atoms with E-state index in [1.54, 1.807) is 18.8 Å². The van der Waals surface area contributed by atoms with E-state index in [0.717, 1.165) is 12.2 Å². The van der Waals surface area contributed by atoms with Crippen molar-refractivity contribution in [3.63, 3.8) is 0 Å². The summed E-state index contributed by atoms with van der Waals surface area (Å²) >= 11 is 1.69. The van der Waals surface area contributed by atoms with E-state index in [4.69, 9.17) is 5.11 Å². The standard InChI is InChI=1S/C11H22N2O4S/c1-7(5-6-18-4)13(3)11(17)12-9(8(2)14)10(15)16/h7-9,14H,5-6H2,1-4H3,(H,12,17)(H,15,16)/t7?,8-,9+/m1/s1. The Kier molecular flexibility index (Phi) is 7.77. The van der Waals surface area contributed by atoms with Crippen molar-refractivity contribution in [2.45, 2.75) is 38.5 Å². The molecule has 1 unspecified atom stereocenters. The fourth-order valence-corrected chi connectivity index (χ4v) is 1.88. The maximum Gasteiger partial charge on any atom is 0.328 e. The molecule has 0 saturated heterocycles. The molecule has 0 fully saturated rings. The highest BCUT2D eigenvalue weighted by atomic mass is 32.2. The molecule has 106 valence electrons. The van der Waals surface area contributed by atoms with Crippen LogP contribution in [-0.4, -0.2) is 64.4 Å². The second kappa shape index (κ2) is 8.20. The molecule has 0 aromatic rings. The molecule has 18 heavy (non-hydrogen) atoms. The first-order chi connectivity index (χ1) is 8.31. The Hall–Kier alpha value is -0.950. The van der Waals surface area contributed by atoms with Gasteiger partial charge in [0.1, 0.15) is 0 Å². The fourth-order valence-electron chi connectivity index (χ4n) is 1.31. The molecule has 0 aromatic heterocycles. The van der Waals surface area contributed by atoms with Crippen LogP contribution >= 0.6 is 11.8 Å². The monoisotopic (exact) mass is 278 g/mol. The molecule has 2 amide bonds. The van der Waals surface area contributed by atoms with Gasteiger partial charge in [0, 0.05) is 13.1 Å². The van der Waals surface area contributed by atoms with Gasteiger partial charge in [0.15, 0.2) is 6.04 Å². The van der Waals surface area contributed by atoms with Gasteiger partial charge < -0.3 is 20.4 Å². The van der Waals surface area contributed by atoms with Crippen LogP contribution in [0, 0.1) is 0 Å². The van der Waals surface area contributed by atoms with Crippen molar-refractivity contribution in [1.82, 2.24) is 10.2 Å². The van der Waals surface area contributed by atoms with E-state index in [0.29, 0.717) is 0 Å². The summed E-state index contributed by atoms with van der Waals surface area (Å²) in [5.74, 6) is -0.319. The molecule has 0 spiro atoms. The minimum absolute atomic E-state index is 0.0147. The van der Waals surface area contributed by atoms with Gasteiger partial charge in [0.05, 0.1) is 6.10 Å². The average Bonchev–Trinajstić information content (AvgIpc) is 2.30. The molecule has 3 atom stereocenters. The molecule has 0 heterocycles. The lowest BCUT2D eigenvalue weighted by molar-refractivity contribution is -0.141. The van der Waals surface area contributed by atoms with Crippen LogP contribution in [0.15, 0.2) is 0 Å². The topological polar surface area (TPSA) is 89.9 Å². The number of hydrogen-bond acceptors (Lipinski definition) is 4. The summed E-state index contributed by atoms with van der Waals surface area (Å²) in [5.41, 5.74) is 0. The van der Waals surface area contributed by atoms with E-state index >= 15 is 0 Å². The van der Waals surface area contributed by atoms with Crippen molar-refractivity contribution in [3.05, 3.63) is 0 Å². The number of aliphatic hydroxyl groups excluding tert-OH is 1. The molecule has 0 aliphatic heterocycles. The Morgan fingerprint density at radius 1 is 1.39 bits per heavy atom. The molecule has 0 aliphatic rings. The summed E-state index contributed by atoms with van der Waals surface area (Å²) in [6.07, 6.45) is 1.68. The van der Waals surface area contributed by atoms with Gasteiger partial charge in [-0.3, -0.25) is 0 Å². The van der Waals surface area contributed by atoms with Gasteiger partial charge in [-0.2, -0.15) is 11.8 Å². The van der Waals surface area contributed by atoms with Crippen LogP contribution in [0.1, 0.15) is 20.3 Å². The molecule has 0 aromatic carbocycles. The number of urea groups is 1. The Labute approximate surface area is 112 Å². The number of nitrogens with zero attached hydrogens (tertiary/aromatic N) is 1. The quantitative estimate of drug-likeness (QED) is 0.634. The zero-order valence-corrected chi connectivity index (χ0v) is 12.0. The summed E-state index contributed by atoms with van der Waals surface area (Å²) in [7, 11) is 1.61. The number of thioether (sulfide) groups is 1. The highest BCUT2D eigenvalue weighted by molar-refractivity contribution is 7.98. The molecular weight excluding hydrogens is 256 g/mol. The first kappa shape index (κ1) is 17.1. The summed E-state index contributed by atoms with van der Waals surface area (Å²) in [4.78, 5) is 24.1. The van der Waals surface area contributed by atoms with Crippen molar-refractivity contribution in [2.24, 2.45) is 0 Å². The third-order valence-electron chi connectivity index (χ3n) is 2.75. The predicted octanol–water partition coefficient (Wildman–Crippen LogP) is 0.603. The van der Waals surface area contributed by atoms with E-state index in [2.05, 4.69) is 5.32 Å². The second-order valence-electron chi connectivity index (χ2n) is 4.25. The summed E-state index contributed by atoms with van der Waals surface area (Å²) < 4.78 is 0. The molecule has 0 aliphatic carbocycles. The highest BCUT2D eigenvalue weighted by Gasteiger charge is 2.27. The van der Waals surface area contributed by atoms with Crippen molar-refractivity contribution in [3.8, 4) is 0 Å². The number of carboxylic acid groups (broad SMARTS) is 1. The Bertz CT molecular complexity index is 286. The number of nitrogens with one attached hydrogen (secondary N) is 1. The first-order valence-electron chi connectivity index (χ1n) is 5.74. The van der Waals surface area contributed by atoms with Crippen LogP contribution in [0.25, 0.3) is 0 Å². The van der Waals surface area contributed by atoms with E-state index < -0.39 is 24.1 Å². The van der Waals surface area contributed by atoms with Gasteiger partial charge in [0.25, 0.3) is 0 Å². The predicted molar refractivity (Wildman–Crippen MR) is 71.9 cm³/mol. The minimum Gasteiger partial charge on any atom is -0.480 e. The summed E-state index contributed by atoms with van der Waals surface area (Å²) in [6.45, 7) is 3.23. The van der Waals surface area contributed by atoms with Gasteiger partial charge in [0.2, 0.25) is 0 Å². The lowest BCUT2D eigenvalue weighted by Crippen LogP contribution is -2.53. The normalized spacial score (nSPS) is 15.6. The van der Waals surface area contributed by atoms with Crippen LogP contribution in [0.3, 0.4) is 0 Å². The molecule has 6 nitrogen and oxygen atoms in total. The van der Waals surface area contributed by atoms with Crippen LogP contribution in [0.2, 0.25) is 0 Å². The van der Waals surface area contributed by atoms with E-state index in [1.165, 1.54) is 11.8 Å². The average molecular weight is 278 g/mol. The maximum atomic E-state index is 11.8. The molecular formula is C11H22N2O4S. The number of aliphatic hydroxyl groups is 1. The summed E-state index contributed by atoms with van der Waals surface area (Å²) in [6, 6.07) is -1.76. The number of aliphatic carboxylic acids is 1. The maximum absolute atomic E-state index is 11.8. The van der Waals surface area contributed by atoms with Gasteiger partial charge >= 0.3 is 12.0 Å². The van der Waals surface area contributed by atoms with Crippen molar-refractivity contribution >= 4 is 23.8 Å². The SMILES string of the molecule is CSCCC(C)N(C)C(=O)N[C@H](C(=O)O)[C@@H](C)O. The first-order valence-corrected chi connectivity index (χ1v) is 7.13. The molecule has 0 bridgehead atoms. The van der Waals surface area contributed by atoms with Crippen molar-refractivity contribution < 1.29 is 19.8 Å². The zero-order valence-electron chi connectivity index (χ0n) is 11.2. The number of rotatable bonds is 7. The van der Waals surface area contributed by atoms with Crippen LogP contribution < -0.4 is 5.32 Å². The highest BCUT2D eigenvalue weighted by Crippen LogP contribution is 2.06. The lowest BCUT2D eigenvalue weighted by atomic mass is 10.2. The van der Waals surface area contributed by atoms with E-state index in [9.17, 15) is 14.7 Å². The zero-order chi connectivity index (χ0) is 14.3. The number of hydrogen-bond donors (Lipinski definition) is 3. The van der Waals surface area contributed by atoms with Crippen LogP contribution in [0.5, 0.6) is 0 Å². The largest absolute Gasteiger partial charge is 0.480 e. The Balaban J connectivity index is 4.41. The molecule has 3 N–H and O–H groups in total. The number of amides is 2. The van der Waals surface area contributed by atoms with Gasteiger partial charge in [-0.15, -0.1) is 0 Å². The third-order valence-corrected chi connectivity index (χ3v) is 3.39. The lowest BCUT2D eigenvalue weighted by Gasteiger charge is -2.27. The Morgan fingerprint density at radius 3 is 2.33 bits per heavy atom. The van der Waals surface area contributed by atoms with Crippen molar-refractivity contribution in [2.75, 3.05) is 19.1 Å². The Morgan fingerprint density at radius 2 is 1.94 bits per heavy atom. The smallest absolute Gasteiger partial charge is 0.328 e. The fraction of sp³-hybridized carbons (Fsp3) is 0.818. The molecule has 7 heteroatoms. The molecule has 0 radical (unpaired) electrons. The summed E-state index contributed by atoms with van der Waals surface area (Å²) in [5, 5.41) is 20.4. The number of carbonyl (C=O) groups excluding carboxylic acids is 1. The van der Waals surface area contributed by atoms with E-state index in [1.807, 2.05) is 13.2 Å². The van der Waals surface area contributed by atoms with E-state index in [-0.39, 0.29) is 6.04 Å². The number of carbonyl (C=O) groups is 2. The van der Waals surface area contributed by atoms with Crippen LogP contribution in [-0.2, 0) is 4.79 Å². The van der Waals surface area contributed by atoms with Crippen LogP contribution in [0.4, 0.5) is 4.79 Å². The van der Waals surface area contributed by atoms with Gasteiger partial charge in [-0.05, 0) is 32.3 Å². The number of carboxylic acids is 1.